The van der Waals surface area contributed by atoms with Crippen molar-refractivity contribution in [2.75, 3.05) is 42.5 Å². The molecule has 1 N–H and O–H groups in total. The third kappa shape index (κ3) is 4.24. The summed E-state index contributed by atoms with van der Waals surface area (Å²) < 4.78 is 26.8. The van der Waals surface area contributed by atoms with Crippen LogP contribution in [-0.2, 0) is 9.53 Å². The van der Waals surface area contributed by atoms with Crippen LogP contribution in [0, 0.1) is 12.7 Å². The van der Waals surface area contributed by atoms with E-state index in [-0.39, 0.29) is 11.7 Å². The first-order valence-electron chi connectivity index (χ1n) is 12.6. The van der Waals surface area contributed by atoms with Crippen molar-refractivity contribution in [3.8, 4) is 11.4 Å². The Morgan fingerprint density at radius 1 is 1.08 bits per heavy atom. The predicted octanol–water partition coefficient (Wildman–Crippen LogP) is 4.53. The molecule has 200 valence electrons. The summed E-state index contributed by atoms with van der Waals surface area (Å²) >= 11 is 0. The normalized spacial score (nSPS) is 16.4. The number of amides is 1. The van der Waals surface area contributed by atoms with E-state index >= 15 is 0 Å². The summed E-state index contributed by atoms with van der Waals surface area (Å²) in [5, 5.41) is 3.27. The molecule has 11 heteroatoms. The Morgan fingerprint density at radius 3 is 2.54 bits per heavy atom. The molecule has 0 atom stereocenters. The number of likely N-dealkylation sites (N-methyl/N-ethyl adjacent to an activating group) is 1. The molecule has 0 unspecified atom stereocenters. The monoisotopic (exact) mass is 529 g/mol. The fourth-order valence-corrected chi connectivity index (χ4v) is 5.25. The number of imidazole rings is 1. The highest BCUT2D eigenvalue weighted by atomic mass is 19.1. The summed E-state index contributed by atoms with van der Waals surface area (Å²) in [5.74, 6) is 1.13. The standard InChI is InChI=1S/C28H28FN7O3/c1-18-16-35(17-31-18)22-9-6-20(14-24(22)38-3)32-27-30-15-23-25(33-27)34(2)28(10-12-39-13-11-28)26(37)36(23)21-7-4-19(29)5-8-21/h4-9,14-17H,10-13H2,1-3H3,(H,30,32,33). The van der Waals surface area contributed by atoms with Gasteiger partial charge in [0.2, 0.25) is 5.95 Å². The molecule has 2 aromatic heterocycles. The van der Waals surface area contributed by atoms with E-state index in [9.17, 15) is 9.18 Å². The minimum atomic E-state index is -0.834. The lowest BCUT2D eigenvalue weighted by Crippen LogP contribution is -2.63. The third-order valence-electron chi connectivity index (χ3n) is 7.38. The predicted molar refractivity (Wildman–Crippen MR) is 145 cm³/mol. The van der Waals surface area contributed by atoms with Crippen molar-refractivity contribution in [2.45, 2.75) is 25.3 Å². The van der Waals surface area contributed by atoms with Crippen LogP contribution in [0.25, 0.3) is 5.69 Å². The first-order valence-corrected chi connectivity index (χ1v) is 12.6. The minimum Gasteiger partial charge on any atom is -0.494 e. The number of halogens is 1. The second-order valence-corrected chi connectivity index (χ2v) is 9.66. The van der Waals surface area contributed by atoms with Crippen molar-refractivity contribution in [1.29, 1.82) is 0 Å². The number of hydrogen-bond donors (Lipinski definition) is 1. The molecular formula is C28H28FN7O3. The van der Waals surface area contributed by atoms with Gasteiger partial charge in [-0.3, -0.25) is 9.69 Å². The molecular weight excluding hydrogens is 501 g/mol. The van der Waals surface area contributed by atoms with E-state index in [1.54, 1.807) is 36.7 Å². The average molecular weight is 530 g/mol. The molecule has 1 spiro atoms. The number of anilines is 5. The van der Waals surface area contributed by atoms with Gasteiger partial charge >= 0.3 is 0 Å². The highest BCUT2D eigenvalue weighted by Gasteiger charge is 2.52. The maximum absolute atomic E-state index is 14.0. The van der Waals surface area contributed by atoms with Gasteiger partial charge in [-0.05, 0) is 43.3 Å². The van der Waals surface area contributed by atoms with Gasteiger partial charge in [0.1, 0.15) is 22.8 Å². The number of rotatable bonds is 5. The Hall–Kier alpha value is -4.51. The summed E-state index contributed by atoms with van der Waals surface area (Å²) in [6.07, 6.45) is 6.31. The fourth-order valence-electron chi connectivity index (χ4n) is 5.25. The number of hydrogen-bond acceptors (Lipinski definition) is 8. The zero-order chi connectivity index (χ0) is 27.1. The van der Waals surface area contributed by atoms with Gasteiger partial charge in [-0.15, -0.1) is 0 Å². The number of aromatic nitrogens is 4. The fraction of sp³-hybridized carbons (Fsp3) is 0.286. The molecule has 2 aliphatic heterocycles. The highest BCUT2D eigenvalue weighted by Crippen LogP contribution is 2.46. The number of ether oxygens (including phenoxy) is 2. The number of carbonyl (C=O) groups excluding carboxylic acids is 1. The summed E-state index contributed by atoms with van der Waals surface area (Å²) in [7, 11) is 3.50. The maximum atomic E-state index is 14.0. The summed E-state index contributed by atoms with van der Waals surface area (Å²) in [5.41, 5.74) is 2.74. The second kappa shape index (κ2) is 9.66. The van der Waals surface area contributed by atoms with Gasteiger partial charge < -0.3 is 24.3 Å². The van der Waals surface area contributed by atoms with E-state index in [1.807, 2.05) is 47.8 Å². The number of nitrogens with zero attached hydrogens (tertiary/aromatic N) is 6. The molecule has 10 nitrogen and oxygen atoms in total. The van der Waals surface area contributed by atoms with Crippen LogP contribution in [0.5, 0.6) is 5.75 Å². The van der Waals surface area contributed by atoms with Crippen LogP contribution in [0.2, 0.25) is 0 Å². The Labute approximate surface area is 225 Å². The van der Waals surface area contributed by atoms with Crippen LogP contribution >= 0.6 is 0 Å². The number of benzene rings is 2. The van der Waals surface area contributed by atoms with Crippen LogP contribution in [0.3, 0.4) is 0 Å². The number of methoxy groups -OCH3 is 1. The van der Waals surface area contributed by atoms with Gasteiger partial charge in [-0.2, -0.15) is 4.98 Å². The lowest BCUT2D eigenvalue weighted by Gasteiger charge is -2.50. The maximum Gasteiger partial charge on any atom is 0.257 e. The van der Waals surface area contributed by atoms with E-state index in [4.69, 9.17) is 14.5 Å². The van der Waals surface area contributed by atoms with Gasteiger partial charge in [-0.1, -0.05) is 0 Å². The van der Waals surface area contributed by atoms with Gasteiger partial charge in [0.15, 0.2) is 5.82 Å². The SMILES string of the molecule is COc1cc(Nc2ncc3c(n2)N(C)C2(CCOCC2)C(=O)N3c2ccc(F)cc2)ccc1-n1cnc(C)c1. The van der Waals surface area contributed by atoms with Gasteiger partial charge in [0.25, 0.3) is 5.91 Å². The van der Waals surface area contributed by atoms with E-state index in [1.165, 1.54) is 12.1 Å². The van der Waals surface area contributed by atoms with Crippen molar-refractivity contribution in [3.05, 3.63) is 72.7 Å². The summed E-state index contributed by atoms with van der Waals surface area (Å²) in [4.78, 5) is 31.2. The average Bonchev–Trinajstić information content (AvgIpc) is 3.39. The smallest absolute Gasteiger partial charge is 0.257 e. The molecule has 0 aliphatic carbocycles. The van der Waals surface area contributed by atoms with E-state index in [0.29, 0.717) is 54.9 Å². The number of carbonyl (C=O) groups is 1. The summed E-state index contributed by atoms with van der Waals surface area (Å²) in [6, 6.07) is 11.6. The lowest BCUT2D eigenvalue weighted by molar-refractivity contribution is -0.126. The lowest BCUT2D eigenvalue weighted by atomic mass is 9.84. The zero-order valence-corrected chi connectivity index (χ0v) is 21.9. The summed E-state index contributed by atoms with van der Waals surface area (Å²) in [6.45, 7) is 2.85. The molecule has 0 radical (unpaired) electrons. The molecule has 1 fully saturated rings. The minimum absolute atomic E-state index is 0.105. The molecule has 39 heavy (non-hydrogen) atoms. The molecule has 2 aliphatic rings. The molecule has 6 rings (SSSR count). The van der Waals surface area contributed by atoms with Crippen LogP contribution < -0.4 is 19.9 Å². The van der Waals surface area contributed by atoms with Crippen LogP contribution in [0.1, 0.15) is 18.5 Å². The molecule has 1 saturated heterocycles. The van der Waals surface area contributed by atoms with Crippen LogP contribution in [0.4, 0.5) is 33.2 Å². The first kappa shape index (κ1) is 24.8. The largest absolute Gasteiger partial charge is 0.494 e. The molecule has 4 heterocycles. The van der Waals surface area contributed by atoms with Crippen molar-refractivity contribution in [2.24, 2.45) is 0 Å². The van der Waals surface area contributed by atoms with E-state index in [0.717, 1.165) is 17.1 Å². The first-order chi connectivity index (χ1) is 18.9. The zero-order valence-electron chi connectivity index (χ0n) is 21.9. The Balaban J connectivity index is 1.38. The topological polar surface area (TPSA) is 97.6 Å². The number of fused-ring (bicyclic) bond motifs is 1. The van der Waals surface area contributed by atoms with Crippen LogP contribution in [-0.4, -0.2) is 58.3 Å². The Morgan fingerprint density at radius 2 is 1.85 bits per heavy atom. The van der Waals surface area contributed by atoms with Gasteiger partial charge in [0, 0.05) is 56.7 Å². The second-order valence-electron chi connectivity index (χ2n) is 9.66. The quantitative estimate of drug-likeness (QED) is 0.403. The molecule has 0 bridgehead atoms. The van der Waals surface area contributed by atoms with E-state index in [2.05, 4.69) is 15.3 Å². The molecule has 4 aromatic rings. The van der Waals surface area contributed by atoms with E-state index < -0.39 is 5.54 Å². The van der Waals surface area contributed by atoms with Crippen molar-refractivity contribution < 1.29 is 18.7 Å². The molecule has 1 amide bonds. The number of aryl methyl sites for hydroxylation is 1. The third-order valence-corrected chi connectivity index (χ3v) is 7.38. The van der Waals surface area contributed by atoms with Crippen molar-refractivity contribution in [3.63, 3.8) is 0 Å². The van der Waals surface area contributed by atoms with Crippen LogP contribution in [0.15, 0.2) is 61.2 Å². The van der Waals surface area contributed by atoms with Gasteiger partial charge in [0.05, 0.1) is 31.0 Å². The molecule has 2 aromatic carbocycles. The van der Waals surface area contributed by atoms with Crippen molar-refractivity contribution >= 4 is 34.7 Å². The highest BCUT2D eigenvalue weighted by molar-refractivity contribution is 6.12. The Kier molecular flexibility index (Phi) is 6.15. The number of nitrogens with one attached hydrogen (secondary N) is 1. The van der Waals surface area contributed by atoms with Crippen molar-refractivity contribution in [1.82, 2.24) is 19.5 Å². The van der Waals surface area contributed by atoms with Gasteiger partial charge in [-0.25, -0.2) is 14.4 Å². The molecule has 0 saturated carbocycles. The Bertz CT molecular complexity index is 1530.